The van der Waals surface area contributed by atoms with Crippen molar-refractivity contribution in [3.8, 4) is 0 Å². The standard InChI is InChI=1S/C13H24O/c1-10-7-11(8-12(2,3)4)5-6-13(10)9-14-13/h10-11H,5-9H2,1-4H3/t10-,11+,13-/m0/s1. The average Bonchev–Trinajstić information content (AvgIpc) is 2.76. The van der Waals surface area contributed by atoms with E-state index in [4.69, 9.17) is 4.74 Å². The Morgan fingerprint density at radius 1 is 1.36 bits per heavy atom. The van der Waals surface area contributed by atoms with Crippen LogP contribution in [0.25, 0.3) is 0 Å². The maximum absolute atomic E-state index is 5.63. The van der Waals surface area contributed by atoms with Crippen LogP contribution in [0, 0.1) is 17.3 Å². The molecule has 0 aromatic rings. The van der Waals surface area contributed by atoms with Crippen molar-refractivity contribution in [3.05, 3.63) is 0 Å². The minimum absolute atomic E-state index is 0.342. The van der Waals surface area contributed by atoms with Crippen LogP contribution in [0.2, 0.25) is 0 Å². The molecule has 3 atom stereocenters. The molecule has 1 saturated carbocycles. The number of hydrogen-bond acceptors (Lipinski definition) is 1. The maximum atomic E-state index is 5.63. The summed E-state index contributed by atoms with van der Waals surface area (Å²) in [6.45, 7) is 10.5. The highest BCUT2D eigenvalue weighted by Crippen LogP contribution is 2.49. The van der Waals surface area contributed by atoms with Crippen LogP contribution in [0.4, 0.5) is 0 Å². The quantitative estimate of drug-likeness (QED) is 0.583. The summed E-state index contributed by atoms with van der Waals surface area (Å²) in [5, 5.41) is 0. The molecule has 2 fully saturated rings. The number of hydrogen-bond donors (Lipinski definition) is 0. The second-order valence-corrected chi connectivity index (χ2v) is 6.66. The van der Waals surface area contributed by atoms with Crippen molar-refractivity contribution in [1.82, 2.24) is 0 Å². The highest BCUT2D eigenvalue weighted by Gasteiger charge is 2.52. The zero-order valence-corrected chi connectivity index (χ0v) is 10.1. The van der Waals surface area contributed by atoms with Crippen LogP contribution >= 0.6 is 0 Å². The molecule has 2 aliphatic rings. The molecule has 0 amide bonds. The van der Waals surface area contributed by atoms with E-state index in [1.807, 2.05) is 0 Å². The Labute approximate surface area is 88.2 Å². The molecule has 1 heterocycles. The second-order valence-electron chi connectivity index (χ2n) is 6.66. The molecule has 0 bridgehead atoms. The molecule has 1 nitrogen and oxygen atoms in total. The predicted octanol–water partition coefficient (Wildman–Crippen LogP) is 3.63. The van der Waals surface area contributed by atoms with Gasteiger partial charge in [0.2, 0.25) is 0 Å². The van der Waals surface area contributed by atoms with Crippen molar-refractivity contribution in [1.29, 1.82) is 0 Å². The van der Waals surface area contributed by atoms with E-state index in [9.17, 15) is 0 Å². The van der Waals surface area contributed by atoms with E-state index in [1.165, 1.54) is 25.7 Å². The van der Waals surface area contributed by atoms with Gasteiger partial charge in [0, 0.05) is 0 Å². The lowest BCUT2D eigenvalue weighted by Crippen LogP contribution is -2.31. The summed E-state index contributed by atoms with van der Waals surface area (Å²) in [4.78, 5) is 0. The molecule has 1 spiro atoms. The average molecular weight is 196 g/mol. The minimum Gasteiger partial charge on any atom is -0.369 e. The second kappa shape index (κ2) is 3.23. The Balaban J connectivity index is 1.87. The molecule has 1 aliphatic carbocycles. The van der Waals surface area contributed by atoms with E-state index in [2.05, 4.69) is 27.7 Å². The van der Waals surface area contributed by atoms with Gasteiger partial charge in [0.05, 0.1) is 12.2 Å². The van der Waals surface area contributed by atoms with Crippen molar-refractivity contribution < 1.29 is 4.74 Å². The Bertz CT molecular complexity index is 210. The van der Waals surface area contributed by atoms with Crippen LogP contribution in [0.5, 0.6) is 0 Å². The summed E-state index contributed by atoms with van der Waals surface area (Å²) < 4.78 is 5.63. The number of rotatable bonds is 1. The first-order valence-corrected chi connectivity index (χ1v) is 6.05. The lowest BCUT2D eigenvalue weighted by atomic mass is 9.70. The van der Waals surface area contributed by atoms with Crippen LogP contribution < -0.4 is 0 Å². The predicted molar refractivity (Wildman–Crippen MR) is 59.3 cm³/mol. The molecular formula is C13H24O. The van der Waals surface area contributed by atoms with Crippen LogP contribution in [-0.2, 0) is 4.74 Å². The fourth-order valence-electron chi connectivity index (χ4n) is 3.10. The van der Waals surface area contributed by atoms with Gasteiger partial charge < -0.3 is 4.74 Å². The Morgan fingerprint density at radius 2 is 2.00 bits per heavy atom. The van der Waals surface area contributed by atoms with Gasteiger partial charge in [0.1, 0.15) is 0 Å². The van der Waals surface area contributed by atoms with Gasteiger partial charge in [0.25, 0.3) is 0 Å². The Morgan fingerprint density at radius 3 is 2.43 bits per heavy atom. The van der Waals surface area contributed by atoms with Crippen molar-refractivity contribution in [2.24, 2.45) is 17.3 Å². The molecule has 1 saturated heterocycles. The lowest BCUT2D eigenvalue weighted by molar-refractivity contribution is 0.113. The highest BCUT2D eigenvalue weighted by molar-refractivity contribution is 5.00. The molecule has 1 aliphatic heterocycles. The smallest absolute Gasteiger partial charge is 0.0942 e. The summed E-state index contributed by atoms with van der Waals surface area (Å²) in [6, 6.07) is 0. The van der Waals surface area contributed by atoms with Crippen LogP contribution in [-0.4, -0.2) is 12.2 Å². The van der Waals surface area contributed by atoms with Crippen molar-refractivity contribution in [3.63, 3.8) is 0 Å². The number of ether oxygens (including phenoxy) is 1. The molecular weight excluding hydrogens is 172 g/mol. The fraction of sp³-hybridized carbons (Fsp3) is 1.00. The van der Waals surface area contributed by atoms with E-state index in [1.54, 1.807) is 0 Å². The monoisotopic (exact) mass is 196 g/mol. The van der Waals surface area contributed by atoms with Gasteiger partial charge >= 0.3 is 0 Å². The van der Waals surface area contributed by atoms with E-state index in [0.717, 1.165) is 18.4 Å². The van der Waals surface area contributed by atoms with Gasteiger partial charge in [-0.25, -0.2) is 0 Å². The molecule has 2 rings (SSSR count). The minimum atomic E-state index is 0.342. The molecule has 82 valence electrons. The van der Waals surface area contributed by atoms with Crippen molar-refractivity contribution in [2.45, 2.75) is 59.0 Å². The van der Waals surface area contributed by atoms with Gasteiger partial charge in [-0.1, -0.05) is 27.7 Å². The first-order valence-electron chi connectivity index (χ1n) is 6.05. The van der Waals surface area contributed by atoms with Crippen LogP contribution in [0.15, 0.2) is 0 Å². The summed E-state index contributed by atoms with van der Waals surface area (Å²) in [6.07, 6.45) is 5.47. The largest absolute Gasteiger partial charge is 0.369 e. The zero-order chi connectivity index (χ0) is 10.4. The van der Waals surface area contributed by atoms with Gasteiger partial charge in [-0.15, -0.1) is 0 Å². The lowest BCUT2D eigenvalue weighted by Gasteiger charge is -2.35. The zero-order valence-electron chi connectivity index (χ0n) is 10.1. The molecule has 14 heavy (non-hydrogen) atoms. The first kappa shape index (κ1) is 10.5. The van der Waals surface area contributed by atoms with E-state index in [0.29, 0.717) is 11.0 Å². The van der Waals surface area contributed by atoms with E-state index >= 15 is 0 Å². The molecule has 0 radical (unpaired) electrons. The molecule has 0 aromatic carbocycles. The van der Waals surface area contributed by atoms with Crippen molar-refractivity contribution in [2.75, 3.05) is 6.61 Å². The molecule has 0 aromatic heterocycles. The van der Waals surface area contributed by atoms with E-state index in [-0.39, 0.29) is 0 Å². The molecule has 1 heteroatoms. The van der Waals surface area contributed by atoms with Gasteiger partial charge in [-0.2, -0.15) is 0 Å². The molecule has 0 N–H and O–H groups in total. The third-order valence-electron chi connectivity index (χ3n) is 3.98. The molecule has 0 unspecified atom stereocenters. The fourth-order valence-corrected chi connectivity index (χ4v) is 3.10. The summed E-state index contributed by atoms with van der Waals surface area (Å²) in [5.41, 5.74) is 0.841. The SMILES string of the molecule is C[C@H]1C[C@H](CC(C)(C)C)CC[C@]12CO2. The maximum Gasteiger partial charge on any atom is 0.0942 e. The van der Waals surface area contributed by atoms with Crippen molar-refractivity contribution >= 4 is 0 Å². The van der Waals surface area contributed by atoms with Crippen LogP contribution in [0.3, 0.4) is 0 Å². The van der Waals surface area contributed by atoms with Gasteiger partial charge in [-0.3, -0.25) is 0 Å². The van der Waals surface area contributed by atoms with Gasteiger partial charge in [0.15, 0.2) is 0 Å². The van der Waals surface area contributed by atoms with E-state index < -0.39 is 0 Å². The van der Waals surface area contributed by atoms with Crippen LogP contribution in [0.1, 0.15) is 53.4 Å². The third kappa shape index (κ3) is 2.13. The normalized spacial score (nSPS) is 42.9. The third-order valence-corrected chi connectivity index (χ3v) is 3.98. The highest BCUT2D eigenvalue weighted by atomic mass is 16.6. The summed E-state index contributed by atoms with van der Waals surface area (Å²) in [5.74, 6) is 1.74. The Hall–Kier alpha value is -0.0400. The first-order chi connectivity index (χ1) is 6.41. The van der Waals surface area contributed by atoms with Gasteiger partial charge in [-0.05, 0) is 42.9 Å². The number of epoxide rings is 1. The topological polar surface area (TPSA) is 12.5 Å². The summed E-state index contributed by atoms with van der Waals surface area (Å²) in [7, 11) is 0. The Kier molecular flexibility index (Phi) is 2.42. The summed E-state index contributed by atoms with van der Waals surface area (Å²) >= 11 is 0.